The molecule has 0 spiro atoms. The molecule has 0 bridgehead atoms. The average Bonchev–Trinajstić information content (AvgIpc) is 3.23. The zero-order valence-electron chi connectivity index (χ0n) is 19.3. The molecule has 2 aliphatic rings. The van der Waals surface area contributed by atoms with Gasteiger partial charge in [-0.2, -0.15) is 0 Å². The van der Waals surface area contributed by atoms with Gasteiger partial charge >= 0.3 is 0 Å². The zero-order valence-corrected chi connectivity index (χ0v) is 19.3. The van der Waals surface area contributed by atoms with Crippen LogP contribution in [0.3, 0.4) is 0 Å². The molecular formula is C24H37N5O2. The van der Waals surface area contributed by atoms with Crippen molar-refractivity contribution in [3.8, 4) is 5.88 Å². The summed E-state index contributed by atoms with van der Waals surface area (Å²) in [6, 6.07) is 0.872. The molecule has 7 nitrogen and oxygen atoms in total. The van der Waals surface area contributed by atoms with Crippen molar-refractivity contribution in [2.24, 2.45) is 0 Å². The Bertz CT molecular complexity index is 882. The van der Waals surface area contributed by atoms with E-state index in [9.17, 15) is 5.11 Å². The van der Waals surface area contributed by atoms with Crippen molar-refractivity contribution < 1.29 is 9.84 Å². The molecule has 7 heteroatoms. The van der Waals surface area contributed by atoms with Gasteiger partial charge in [0.15, 0.2) is 0 Å². The number of nitrogens with zero attached hydrogens (tertiary/aromatic N) is 4. The molecule has 2 N–H and O–H groups in total. The van der Waals surface area contributed by atoms with Crippen LogP contribution >= 0.6 is 0 Å². The van der Waals surface area contributed by atoms with Crippen molar-refractivity contribution in [3.63, 3.8) is 0 Å². The van der Waals surface area contributed by atoms with E-state index < -0.39 is 0 Å². The van der Waals surface area contributed by atoms with Gasteiger partial charge in [0.25, 0.3) is 0 Å². The lowest BCUT2D eigenvalue weighted by atomic mass is 9.83. The van der Waals surface area contributed by atoms with Crippen LogP contribution in [-0.4, -0.2) is 63.3 Å². The fraction of sp³-hybridized carbons (Fsp3) is 0.708. The lowest BCUT2D eigenvalue weighted by molar-refractivity contribution is 0.122. The Morgan fingerprint density at radius 3 is 2.58 bits per heavy atom. The van der Waals surface area contributed by atoms with Gasteiger partial charge < -0.3 is 20.1 Å². The van der Waals surface area contributed by atoms with E-state index in [1.807, 2.05) is 12.4 Å². The number of ether oxygens (including phenoxy) is 1. The number of rotatable bonds is 7. The summed E-state index contributed by atoms with van der Waals surface area (Å²) in [6.45, 7) is 4.29. The third-order valence-electron chi connectivity index (χ3n) is 7.10. The molecule has 2 aliphatic carbocycles. The highest BCUT2D eigenvalue weighted by atomic mass is 16.5. The first-order valence-corrected chi connectivity index (χ1v) is 11.9. The quantitative estimate of drug-likeness (QED) is 0.688. The fourth-order valence-corrected chi connectivity index (χ4v) is 4.84. The summed E-state index contributed by atoms with van der Waals surface area (Å²) in [5.74, 6) is 1.67. The Labute approximate surface area is 185 Å². The first kappa shape index (κ1) is 22.2. The largest absolute Gasteiger partial charge is 0.474 e. The molecule has 0 amide bonds. The van der Waals surface area contributed by atoms with Crippen LogP contribution in [0.15, 0.2) is 12.4 Å². The van der Waals surface area contributed by atoms with Crippen molar-refractivity contribution in [2.75, 3.05) is 19.4 Å². The van der Waals surface area contributed by atoms with Crippen LogP contribution < -0.4 is 10.1 Å². The van der Waals surface area contributed by atoms with E-state index in [2.05, 4.69) is 43.1 Å². The third-order valence-corrected chi connectivity index (χ3v) is 7.10. The predicted octanol–water partition coefficient (Wildman–Crippen LogP) is 4.12. The number of nitrogens with one attached hydrogen (secondary N) is 1. The lowest BCUT2D eigenvalue weighted by Crippen LogP contribution is -2.26. The van der Waals surface area contributed by atoms with E-state index in [0.29, 0.717) is 29.8 Å². The second-order valence-corrected chi connectivity index (χ2v) is 9.60. The van der Waals surface area contributed by atoms with E-state index in [1.165, 1.54) is 0 Å². The van der Waals surface area contributed by atoms with Crippen LogP contribution in [-0.2, 0) is 0 Å². The molecular weight excluding hydrogens is 390 g/mol. The number of hydrogen-bond donors (Lipinski definition) is 2. The predicted molar refractivity (Wildman–Crippen MR) is 124 cm³/mol. The number of fused-ring (bicyclic) bond motifs is 1. The van der Waals surface area contributed by atoms with Gasteiger partial charge in [0, 0.05) is 30.0 Å². The van der Waals surface area contributed by atoms with Crippen LogP contribution in [0.2, 0.25) is 0 Å². The molecule has 4 rings (SSSR count). The Morgan fingerprint density at radius 2 is 1.90 bits per heavy atom. The van der Waals surface area contributed by atoms with Crippen LogP contribution in [0.1, 0.15) is 76.7 Å². The summed E-state index contributed by atoms with van der Waals surface area (Å²) in [5, 5.41) is 14.2. The van der Waals surface area contributed by atoms with E-state index >= 15 is 0 Å². The second kappa shape index (κ2) is 9.65. The molecule has 2 aromatic rings. The molecule has 0 unspecified atom stereocenters. The van der Waals surface area contributed by atoms with E-state index in [1.54, 1.807) is 0 Å². The van der Waals surface area contributed by atoms with Gasteiger partial charge in [-0.3, -0.25) is 0 Å². The van der Waals surface area contributed by atoms with Crippen LogP contribution in [0.25, 0.3) is 10.9 Å². The van der Waals surface area contributed by atoms with Crippen LogP contribution in [0.4, 0.5) is 5.95 Å². The maximum absolute atomic E-state index is 9.95. The minimum absolute atomic E-state index is 0.177. The van der Waals surface area contributed by atoms with Gasteiger partial charge in [-0.1, -0.05) is 6.92 Å². The van der Waals surface area contributed by atoms with Crippen LogP contribution in [0, 0.1) is 0 Å². The number of aliphatic hydroxyl groups is 1. The number of anilines is 1. The van der Waals surface area contributed by atoms with Gasteiger partial charge in [-0.05, 0) is 78.3 Å². The van der Waals surface area contributed by atoms with Crippen molar-refractivity contribution in [1.82, 2.24) is 19.9 Å². The maximum atomic E-state index is 9.95. The maximum Gasteiger partial charge on any atom is 0.224 e. The van der Waals surface area contributed by atoms with Crippen molar-refractivity contribution >= 4 is 16.9 Å². The molecule has 0 saturated heterocycles. The summed E-state index contributed by atoms with van der Waals surface area (Å²) < 4.78 is 6.39. The summed E-state index contributed by atoms with van der Waals surface area (Å²) in [7, 11) is 4.27. The van der Waals surface area contributed by atoms with E-state index in [4.69, 9.17) is 14.7 Å². The Morgan fingerprint density at radius 1 is 1.13 bits per heavy atom. The fourth-order valence-electron chi connectivity index (χ4n) is 4.84. The van der Waals surface area contributed by atoms with Gasteiger partial charge in [0.05, 0.1) is 17.0 Å². The molecule has 2 aromatic heterocycles. The minimum atomic E-state index is -0.178. The van der Waals surface area contributed by atoms with Crippen molar-refractivity contribution in [3.05, 3.63) is 18.0 Å². The number of pyridine rings is 1. The highest BCUT2D eigenvalue weighted by Gasteiger charge is 2.29. The third kappa shape index (κ3) is 5.09. The summed E-state index contributed by atoms with van der Waals surface area (Å²) >= 11 is 0. The number of aromatic nitrogens is 3. The summed E-state index contributed by atoms with van der Waals surface area (Å²) in [5.41, 5.74) is 2.09. The monoisotopic (exact) mass is 427 g/mol. The van der Waals surface area contributed by atoms with Crippen molar-refractivity contribution in [1.29, 1.82) is 0 Å². The molecule has 0 radical (unpaired) electrons. The minimum Gasteiger partial charge on any atom is -0.474 e. The Kier molecular flexibility index (Phi) is 6.92. The highest BCUT2D eigenvalue weighted by molar-refractivity contribution is 5.86. The molecule has 31 heavy (non-hydrogen) atoms. The second-order valence-electron chi connectivity index (χ2n) is 9.60. The summed E-state index contributed by atoms with van der Waals surface area (Å²) in [6.07, 6.45) is 11.6. The first-order chi connectivity index (χ1) is 14.9. The van der Waals surface area contributed by atoms with Gasteiger partial charge in [0.2, 0.25) is 11.8 Å². The Balaban J connectivity index is 1.65. The lowest BCUT2D eigenvalue weighted by Gasteiger charge is -2.26. The SMILES string of the molecule is CC[C@H](C)Nc1ncc2c(O[C@H]3CC[C@@H](N(C)C)C3)ncc(C3CCC(O)CC3)c2n1. The van der Waals surface area contributed by atoms with Crippen LogP contribution in [0.5, 0.6) is 5.88 Å². The molecule has 2 fully saturated rings. The molecule has 0 aliphatic heterocycles. The molecule has 3 atom stereocenters. The normalized spacial score (nSPS) is 27.5. The number of hydrogen-bond acceptors (Lipinski definition) is 7. The molecule has 2 saturated carbocycles. The van der Waals surface area contributed by atoms with Gasteiger partial charge in [-0.15, -0.1) is 0 Å². The topological polar surface area (TPSA) is 83.4 Å². The average molecular weight is 428 g/mol. The first-order valence-electron chi connectivity index (χ1n) is 11.9. The standard InChI is InChI=1S/C24H37N5O2/c1-5-15(2)27-24-26-14-21-22(28-24)20(16-6-9-18(30)10-7-16)13-25-23(21)31-19-11-8-17(12-19)29(3)4/h13-19,30H,5-12H2,1-4H3,(H,26,27,28)/t15-,16?,17+,18?,19-/m0/s1. The Hall–Kier alpha value is -1.99. The molecule has 170 valence electrons. The number of aliphatic hydroxyl groups excluding tert-OH is 1. The van der Waals surface area contributed by atoms with E-state index in [0.717, 1.165) is 67.8 Å². The highest BCUT2D eigenvalue weighted by Crippen LogP contribution is 2.38. The van der Waals surface area contributed by atoms with Crippen molar-refractivity contribution in [2.45, 2.75) is 95.4 Å². The zero-order chi connectivity index (χ0) is 22.0. The molecule has 0 aromatic carbocycles. The summed E-state index contributed by atoms with van der Waals surface area (Å²) in [4.78, 5) is 16.5. The van der Waals surface area contributed by atoms with E-state index in [-0.39, 0.29) is 12.2 Å². The molecule has 2 heterocycles. The smallest absolute Gasteiger partial charge is 0.224 e. The van der Waals surface area contributed by atoms with Gasteiger partial charge in [-0.25, -0.2) is 15.0 Å². The van der Waals surface area contributed by atoms with Gasteiger partial charge in [0.1, 0.15) is 6.10 Å².